The summed E-state index contributed by atoms with van der Waals surface area (Å²) in [5.74, 6) is 0. The topological polar surface area (TPSA) is 24.9 Å². The van der Waals surface area contributed by atoms with Crippen LogP contribution in [0.1, 0.15) is 43.2 Å². The van der Waals surface area contributed by atoms with Crippen molar-refractivity contribution in [3.05, 3.63) is 29.3 Å². The number of thiazole rings is 1. The molecule has 2 unspecified atom stereocenters. The molecule has 1 aromatic carbocycles. The van der Waals surface area contributed by atoms with Crippen molar-refractivity contribution >= 4 is 21.6 Å². The summed E-state index contributed by atoms with van der Waals surface area (Å²) in [7, 11) is 2.51. The minimum atomic E-state index is 0.606. The minimum absolute atomic E-state index is 0.606. The van der Waals surface area contributed by atoms with Crippen LogP contribution in [0.5, 0.6) is 0 Å². The lowest BCUT2D eigenvalue weighted by Gasteiger charge is -2.50. The summed E-state index contributed by atoms with van der Waals surface area (Å²) < 4.78 is 2.57. The zero-order valence-electron chi connectivity index (χ0n) is 13.4. The zero-order valence-corrected chi connectivity index (χ0v) is 14.2. The second-order valence-electron chi connectivity index (χ2n) is 7.08. The number of hydrogen-bond acceptors (Lipinski definition) is 3. The van der Waals surface area contributed by atoms with Gasteiger partial charge in [0.2, 0.25) is 0 Å². The largest absolute Gasteiger partial charge is 0.316 e. The van der Waals surface area contributed by atoms with Gasteiger partial charge in [0, 0.05) is 32.4 Å². The smallest absolute Gasteiger partial charge is 0.152 e. The van der Waals surface area contributed by atoms with Crippen molar-refractivity contribution in [1.82, 2.24) is 10.3 Å². The molecule has 0 radical (unpaired) electrons. The van der Waals surface area contributed by atoms with Crippen molar-refractivity contribution < 1.29 is 4.48 Å². The highest BCUT2D eigenvalue weighted by atomic mass is 32.1. The monoisotopic (exact) mass is 316 g/mol. The maximum atomic E-state index is 5.01. The summed E-state index contributed by atoms with van der Waals surface area (Å²) in [5.41, 5.74) is 1.19. The van der Waals surface area contributed by atoms with E-state index in [9.17, 15) is 0 Å². The molecule has 1 N–H and O–H groups in total. The molecule has 2 aromatic rings. The van der Waals surface area contributed by atoms with Gasteiger partial charge in [0.25, 0.3) is 0 Å². The van der Waals surface area contributed by atoms with Crippen molar-refractivity contribution in [2.24, 2.45) is 0 Å². The van der Waals surface area contributed by atoms with Crippen LogP contribution >= 0.6 is 11.3 Å². The van der Waals surface area contributed by atoms with Gasteiger partial charge in [0.15, 0.2) is 5.01 Å². The number of fused-ring (bicyclic) bond motifs is 1. The Kier molecular flexibility index (Phi) is 3.93. The lowest BCUT2D eigenvalue weighted by molar-refractivity contribution is -0.967. The third kappa shape index (κ3) is 2.47. The molecule has 0 saturated carbocycles. The first-order valence-electron chi connectivity index (χ1n) is 8.68. The van der Waals surface area contributed by atoms with Gasteiger partial charge in [-0.1, -0.05) is 12.1 Å². The van der Waals surface area contributed by atoms with E-state index in [0.29, 0.717) is 6.04 Å². The molecule has 4 rings (SSSR count). The van der Waals surface area contributed by atoms with Crippen LogP contribution in [0.3, 0.4) is 0 Å². The standard InChI is InChI=1S/C18H26N3S/c1-21(14-9-11-19-12-10-14)13-5-4-7-16(21)18-20-15-6-2-3-8-17(15)22-18/h2-3,6,8,14,16,19H,4-5,7,9-13H2,1H3/q+1. The number of para-hydroxylation sites is 1. The molecule has 4 heteroatoms. The van der Waals surface area contributed by atoms with E-state index in [-0.39, 0.29) is 0 Å². The Morgan fingerprint density at radius 2 is 1.95 bits per heavy atom. The van der Waals surface area contributed by atoms with Gasteiger partial charge in [-0.05, 0) is 25.0 Å². The van der Waals surface area contributed by atoms with Crippen molar-refractivity contribution in [2.75, 3.05) is 26.7 Å². The van der Waals surface area contributed by atoms with E-state index in [1.165, 1.54) is 71.4 Å². The fraction of sp³-hybridized carbons (Fsp3) is 0.611. The van der Waals surface area contributed by atoms with E-state index in [0.717, 1.165) is 6.04 Å². The van der Waals surface area contributed by atoms with Gasteiger partial charge in [0.05, 0.1) is 29.9 Å². The van der Waals surface area contributed by atoms with Gasteiger partial charge in [0.1, 0.15) is 6.04 Å². The van der Waals surface area contributed by atoms with Gasteiger partial charge >= 0.3 is 0 Å². The maximum absolute atomic E-state index is 5.01. The minimum Gasteiger partial charge on any atom is -0.316 e. The van der Waals surface area contributed by atoms with Crippen LogP contribution in [0.4, 0.5) is 0 Å². The van der Waals surface area contributed by atoms with Gasteiger partial charge < -0.3 is 9.80 Å². The number of nitrogens with one attached hydrogen (secondary N) is 1. The third-order valence-corrected chi connectivity index (χ3v) is 6.96. The first-order valence-corrected chi connectivity index (χ1v) is 9.50. The molecule has 2 saturated heterocycles. The quantitative estimate of drug-likeness (QED) is 0.854. The average Bonchev–Trinajstić information content (AvgIpc) is 3.00. The number of piperidine rings is 2. The molecule has 2 atom stereocenters. The van der Waals surface area contributed by atoms with Gasteiger partial charge in [-0.3, -0.25) is 0 Å². The summed E-state index contributed by atoms with van der Waals surface area (Å²) in [5, 5.41) is 4.90. The molecule has 118 valence electrons. The van der Waals surface area contributed by atoms with E-state index in [1.807, 2.05) is 11.3 Å². The lowest BCUT2D eigenvalue weighted by atomic mass is 9.92. The SMILES string of the molecule is C[N+]1(C2CCNCC2)CCCCC1c1nc2ccccc2s1. The van der Waals surface area contributed by atoms with Crippen LogP contribution < -0.4 is 5.32 Å². The molecule has 0 aliphatic carbocycles. The molecule has 2 fully saturated rings. The summed E-state index contributed by atoms with van der Waals surface area (Å²) in [6, 6.07) is 10.0. The highest BCUT2D eigenvalue weighted by Crippen LogP contribution is 2.42. The van der Waals surface area contributed by atoms with Gasteiger partial charge in [-0.25, -0.2) is 4.98 Å². The Labute approximate surface area is 136 Å². The predicted octanol–water partition coefficient (Wildman–Crippen LogP) is 3.72. The Bertz CT molecular complexity index is 614. The second kappa shape index (κ2) is 5.91. The number of quaternary nitrogens is 1. The fourth-order valence-electron chi connectivity index (χ4n) is 4.48. The molecule has 0 bridgehead atoms. The number of rotatable bonds is 2. The summed E-state index contributed by atoms with van der Waals surface area (Å²) in [4.78, 5) is 5.01. The zero-order chi connectivity index (χ0) is 15.0. The first-order chi connectivity index (χ1) is 10.8. The highest BCUT2D eigenvalue weighted by Gasteiger charge is 2.44. The Hall–Kier alpha value is -0.970. The molecule has 2 aliphatic heterocycles. The van der Waals surface area contributed by atoms with E-state index in [4.69, 9.17) is 4.98 Å². The molecule has 22 heavy (non-hydrogen) atoms. The van der Waals surface area contributed by atoms with Crippen molar-refractivity contribution in [1.29, 1.82) is 0 Å². The van der Waals surface area contributed by atoms with Crippen LogP contribution in [0.2, 0.25) is 0 Å². The van der Waals surface area contributed by atoms with Crippen LogP contribution in [0.25, 0.3) is 10.2 Å². The second-order valence-corrected chi connectivity index (χ2v) is 8.15. The normalized spacial score (nSPS) is 30.7. The molecular formula is C18H26N3S+. The van der Waals surface area contributed by atoms with Crippen molar-refractivity contribution in [3.63, 3.8) is 0 Å². The Balaban J connectivity index is 1.70. The third-order valence-electron chi connectivity index (χ3n) is 5.82. The maximum Gasteiger partial charge on any atom is 0.152 e. The first kappa shape index (κ1) is 14.6. The molecule has 0 spiro atoms. The fourth-order valence-corrected chi connectivity index (χ4v) is 5.71. The number of aromatic nitrogens is 1. The number of likely N-dealkylation sites (tertiary alicyclic amines) is 1. The highest BCUT2D eigenvalue weighted by molar-refractivity contribution is 7.18. The Morgan fingerprint density at radius 3 is 2.77 bits per heavy atom. The average molecular weight is 316 g/mol. The molecular weight excluding hydrogens is 290 g/mol. The molecule has 1 aromatic heterocycles. The number of benzene rings is 1. The van der Waals surface area contributed by atoms with E-state index >= 15 is 0 Å². The molecule has 0 amide bonds. The summed E-state index contributed by atoms with van der Waals surface area (Å²) in [6.07, 6.45) is 6.68. The number of hydrogen-bond donors (Lipinski definition) is 1. The summed E-state index contributed by atoms with van der Waals surface area (Å²) in [6.45, 7) is 3.70. The summed E-state index contributed by atoms with van der Waals surface area (Å²) >= 11 is 1.93. The molecule has 3 nitrogen and oxygen atoms in total. The number of nitrogens with zero attached hydrogens (tertiary/aromatic N) is 2. The van der Waals surface area contributed by atoms with Crippen LogP contribution in [-0.2, 0) is 0 Å². The van der Waals surface area contributed by atoms with E-state index < -0.39 is 0 Å². The molecule has 3 heterocycles. The Morgan fingerprint density at radius 1 is 1.14 bits per heavy atom. The van der Waals surface area contributed by atoms with Crippen molar-refractivity contribution in [2.45, 2.75) is 44.2 Å². The van der Waals surface area contributed by atoms with Gasteiger partial charge in [-0.15, -0.1) is 11.3 Å². The van der Waals surface area contributed by atoms with Gasteiger partial charge in [-0.2, -0.15) is 0 Å². The predicted molar refractivity (Wildman–Crippen MR) is 93.2 cm³/mol. The van der Waals surface area contributed by atoms with Crippen LogP contribution in [-0.4, -0.2) is 42.2 Å². The van der Waals surface area contributed by atoms with Crippen LogP contribution in [0, 0.1) is 0 Å². The lowest BCUT2D eigenvalue weighted by Crippen LogP contribution is -2.59. The van der Waals surface area contributed by atoms with E-state index in [2.05, 4.69) is 36.6 Å². The molecule has 2 aliphatic rings. The van der Waals surface area contributed by atoms with E-state index in [1.54, 1.807) is 0 Å². The van der Waals surface area contributed by atoms with Crippen LogP contribution in [0.15, 0.2) is 24.3 Å². The van der Waals surface area contributed by atoms with Crippen molar-refractivity contribution in [3.8, 4) is 0 Å².